The number of hydrogen-bond acceptors (Lipinski definition) is 6. The van der Waals surface area contributed by atoms with Crippen molar-refractivity contribution in [3.63, 3.8) is 0 Å². The smallest absolute Gasteiger partial charge is 0.338 e. The van der Waals surface area contributed by atoms with Crippen LogP contribution in [0.15, 0.2) is 24.5 Å². The standard InChI is InChI=1S/C11H13N3O4/c1-2-18-11(17)10(16)9(15)7-6-12-8-4-3-5-13-14(7)8/h3-6,9-10,15-16H,2H2,1H3. The van der Waals surface area contributed by atoms with Gasteiger partial charge in [-0.3, -0.25) is 0 Å². The number of fused-ring (bicyclic) bond motifs is 1. The number of rotatable bonds is 4. The molecule has 0 saturated heterocycles. The summed E-state index contributed by atoms with van der Waals surface area (Å²) in [5, 5.41) is 23.6. The first kappa shape index (κ1) is 12.5. The van der Waals surface area contributed by atoms with E-state index in [1.807, 2.05) is 0 Å². The van der Waals surface area contributed by atoms with Crippen LogP contribution in [-0.2, 0) is 9.53 Å². The van der Waals surface area contributed by atoms with Crippen LogP contribution in [-0.4, -0.2) is 43.5 Å². The van der Waals surface area contributed by atoms with Gasteiger partial charge in [-0.15, -0.1) is 0 Å². The number of nitrogens with zero attached hydrogens (tertiary/aromatic N) is 3. The molecule has 0 aliphatic carbocycles. The summed E-state index contributed by atoms with van der Waals surface area (Å²) in [4.78, 5) is 15.3. The molecule has 2 N–H and O–H groups in total. The highest BCUT2D eigenvalue weighted by Crippen LogP contribution is 2.18. The molecule has 0 spiro atoms. The number of imidazole rings is 1. The average molecular weight is 251 g/mol. The van der Waals surface area contributed by atoms with E-state index in [1.54, 1.807) is 19.1 Å². The van der Waals surface area contributed by atoms with Gasteiger partial charge in [-0.1, -0.05) is 0 Å². The van der Waals surface area contributed by atoms with Crippen molar-refractivity contribution in [2.75, 3.05) is 6.61 Å². The zero-order chi connectivity index (χ0) is 13.1. The van der Waals surface area contributed by atoms with E-state index < -0.39 is 18.2 Å². The Bertz CT molecular complexity index is 554. The van der Waals surface area contributed by atoms with Gasteiger partial charge in [-0.25, -0.2) is 14.3 Å². The van der Waals surface area contributed by atoms with Crippen molar-refractivity contribution < 1.29 is 19.7 Å². The summed E-state index contributed by atoms with van der Waals surface area (Å²) in [5.74, 6) is -0.879. The van der Waals surface area contributed by atoms with Crippen LogP contribution in [0.1, 0.15) is 18.7 Å². The summed E-state index contributed by atoms with van der Waals surface area (Å²) in [7, 11) is 0. The van der Waals surface area contributed by atoms with Crippen molar-refractivity contribution in [3.05, 3.63) is 30.2 Å². The number of ether oxygens (including phenoxy) is 1. The number of hydrogen-bond donors (Lipinski definition) is 2. The molecule has 0 fully saturated rings. The van der Waals surface area contributed by atoms with Crippen molar-refractivity contribution in [1.29, 1.82) is 0 Å². The summed E-state index contributed by atoms with van der Waals surface area (Å²) in [5.41, 5.74) is 0.744. The first-order chi connectivity index (χ1) is 8.65. The molecule has 0 aliphatic rings. The van der Waals surface area contributed by atoms with Crippen molar-refractivity contribution in [3.8, 4) is 0 Å². The summed E-state index contributed by atoms with van der Waals surface area (Å²) >= 11 is 0. The Hall–Kier alpha value is -1.99. The lowest BCUT2D eigenvalue weighted by Gasteiger charge is -2.15. The number of carbonyl (C=O) groups is 1. The molecule has 2 heterocycles. The molecule has 2 aromatic heterocycles. The van der Waals surface area contributed by atoms with E-state index in [0.717, 1.165) is 0 Å². The normalized spacial score (nSPS) is 14.4. The molecule has 0 amide bonds. The van der Waals surface area contributed by atoms with Gasteiger partial charge in [0.2, 0.25) is 0 Å². The highest BCUT2D eigenvalue weighted by Gasteiger charge is 2.29. The fraction of sp³-hybridized carbons (Fsp3) is 0.364. The topological polar surface area (TPSA) is 97.0 Å². The van der Waals surface area contributed by atoms with Gasteiger partial charge in [0.1, 0.15) is 6.10 Å². The fourth-order valence-corrected chi connectivity index (χ4v) is 1.57. The second-order valence-electron chi connectivity index (χ2n) is 3.62. The number of aliphatic hydroxyl groups is 2. The maximum absolute atomic E-state index is 11.3. The Kier molecular flexibility index (Phi) is 3.54. The first-order valence-corrected chi connectivity index (χ1v) is 5.46. The molecule has 7 nitrogen and oxygen atoms in total. The van der Waals surface area contributed by atoms with Gasteiger partial charge in [-0.05, 0) is 19.1 Å². The Balaban J connectivity index is 2.28. The number of esters is 1. The highest BCUT2D eigenvalue weighted by molar-refractivity contribution is 5.75. The van der Waals surface area contributed by atoms with Crippen LogP contribution in [0, 0.1) is 0 Å². The zero-order valence-electron chi connectivity index (χ0n) is 9.72. The Morgan fingerprint density at radius 2 is 2.33 bits per heavy atom. The van der Waals surface area contributed by atoms with Crippen LogP contribution in [0.5, 0.6) is 0 Å². The molecule has 0 saturated carbocycles. The minimum Gasteiger partial charge on any atom is -0.464 e. The number of carbonyl (C=O) groups excluding carboxylic acids is 1. The van der Waals surface area contributed by atoms with E-state index in [0.29, 0.717) is 5.65 Å². The highest BCUT2D eigenvalue weighted by atomic mass is 16.5. The van der Waals surface area contributed by atoms with Crippen molar-refractivity contribution >= 4 is 11.6 Å². The Labute approximate surface area is 103 Å². The minimum absolute atomic E-state index is 0.133. The predicted octanol–water partition coefficient (Wildman–Crippen LogP) is -0.313. The molecule has 2 rings (SSSR count). The Morgan fingerprint density at radius 1 is 1.56 bits per heavy atom. The molecule has 7 heteroatoms. The number of aromatic nitrogens is 3. The summed E-state index contributed by atoms with van der Waals surface area (Å²) < 4.78 is 5.99. The molecule has 96 valence electrons. The maximum Gasteiger partial charge on any atom is 0.338 e. The molecule has 0 radical (unpaired) electrons. The summed E-state index contributed by atoms with van der Waals surface area (Å²) in [6, 6.07) is 3.39. The molecule has 0 bridgehead atoms. The predicted molar refractivity (Wildman–Crippen MR) is 60.6 cm³/mol. The van der Waals surface area contributed by atoms with E-state index >= 15 is 0 Å². The number of aliphatic hydroxyl groups excluding tert-OH is 2. The third-order valence-corrected chi connectivity index (χ3v) is 2.43. The summed E-state index contributed by atoms with van der Waals surface area (Å²) in [6.07, 6.45) is -0.224. The van der Waals surface area contributed by atoms with Crippen LogP contribution in [0.3, 0.4) is 0 Å². The molecular formula is C11H13N3O4. The van der Waals surface area contributed by atoms with Crippen LogP contribution >= 0.6 is 0 Å². The molecule has 2 atom stereocenters. The van der Waals surface area contributed by atoms with Crippen LogP contribution in [0.4, 0.5) is 0 Å². The van der Waals surface area contributed by atoms with Crippen LogP contribution in [0.25, 0.3) is 5.65 Å². The van der Waals surface area contributed by atoms with Crippen LogP contribution in [0.2, 0.25) is 0 Å². The van der Waals surface area contributed by atoms with Gasteiger partial charge in [0.15, 0.2) is 11.8 Å². The van der Waals surface area contributed by atoms with Crippen molar-refractivity contribution in [1.82, 2.24) is 14.6 Å². The maximum atomic E-state index is 11.3. The van der Waals surface area contributed by atoms with Gasteiger partial charge >= 0.3 is 5.97 Å². The van der Waals surface area contributed by atoms with E-state index in [1.165, 1.54) is 16.9 Å². The lowest BCUT2D eigenvalue weighted by Crippen LogP contribution is -2.30. The zero-order valence-corrected chi connectivity index (χ0v) is 9.72. The van der Waals surface area contributed by atoms with E-state index in [2.05, 4.69) is 14.8 Å². The molecule has 2 aromatic rings. The monoisotopic (exact) mass is 251 g/mol. The quantitative estimate of drug-likeness (QED) is 0.723. The van der Waals surface area contributed by atoms with Crippen molar-refractivity contribution in [2.45, 2.75) is 19.1 Å². The van der Waals surface area contributed by atoms with Crippen molar-refractivity contribution in [2.24, 2.45) is 0 Å². The summed E-state index contributed by atoms with van der Waals surface area (Å²) in [6.45, 7) is 1.75. The van der Waals surface area contributed by atoms with E-state index in [9.17, 15) is 15.0 Å². The van der Waals surface area contributed by atoms with Gasteiger partial charge < -0.3 is 14.9 Å². The molecular weight excluding hydrogens is 238 g/mol. The van der Waals surface area contributed by atoms with E-state index in [4.69, 9.17) is 0 Å². The molecule has 2 unspecified atom stereocenters. The minimum atomic E-state index is -1.66. The first-order valence-electron chi connectivity index (χ1n) is 5.46. The Morgan fingerprint density at radius 3 is 3.06 bits per heavy atom. The van der Waals surface area contributed by atoms with Crippen LogP contribution < -0.4 is 0 Å². The van der Waals surface area contributed by atoms with Gasteiger partial charge in [0.25, 0.3) is 0 Å². The SMILES string of the molecule is CCOC(=O)C(O)C(O)c1cnc2cccnn12. The molecule has 0 aliphatic heterocycles. The lowest BCUT2D eigenvalue weighted by atomic mass is 10.1. The molecule has 18 heavy (non-hydrogen) atoms. The largest absolute Gasteiger partial charge is 0.464 e. The second kappa shape index (κ2) is 5.11. The average Bonchev–Trinajstić information content (AvgIpc) is 2.81. The third kappa shape index (κ3) is 2.18. The van der Waals surface area contributed by atoms with Gasteiger partial charge in [-0.2, -0.15) is 5.10 Å². The van der Waals surface area contributed by atoms with Gasteiger partial charge in [0, 0.05) is 6.20 Å². The lowest BCUT2D eigenvalue weighted by molar-refractivity contribution is -0.159. The van der Waals surface area contributed by atoms with E-state index in [-0.39, 0.29) is 12.3 Å². The fourth-order valence-electron chi connectivity index (χ4n) is 1.57. The molecule has 0 aromatic carbocycles. The second-order valence-corrected chi connectivity index (χ2v) is 3.62. The third-order valence-electron chi connectivity index (χ3n) is 2.43. The van der Waals surface area contributed by atoms with Gasteiger partial charge in [0.05, 0.1) is 18.5 Å².